The molecule has 0 aromatic carbocycles. The molecule has 0 aromatic rings. The van der Waals surface area contributed by atoms with Crippen LogP contribution in [-0.2, 0) is 26.6 Å². The molecule has 6 nitrogen and oxygen atoms in total. The molecule has 0 spiro atoms. The highest BCUT2D eigenvalue weighted by atomic mass is 28.3. The molecule has 10 heteroatoms. The zero-order chi connectivity index (χ0) is 23.2. The lowest BCUT2D eigenvalue weighted by atomic mass is 10.3. The lowest BCUT2D eigenvalue weighted by Gasteiger charge is -2.17. The normalized spacial score (nSPS) is 12.2. The van der Waals surface area contributed by atoms with E-state index in [1.807, 2.05) is 0 Å². The standard InChI is InChI=1S/C21H52O6Si4/c1-22-29(23-2)19-13-7-10-16-28(17-11-8-14-20-30(24-3)25-4)18-12-9-15-21-31(26-5)27-6/h28-31H,7-21H2,1-6H3. The molecule has 0 amide bonds. The monoisotopic (exact) mass is 512 g/mol. The molecule has 31 heavy (non-hydrogen) atoms. The largest absolute Gasteiger partial charge is 0.400 e. The summed E-state index contributed by atoms with van der Waals surface area (Å²) in [5, 5.41) is 0. The minimum Gasteiger partial charge on any atom is -0.400 e. The maximum atomic E-state index is 5.44. The Morgan fingerprint density at radius 3 is 0.774 bits per heavy atom. The second-order valence-corrected chi connectivity index (χ2v) is 19.1. The van der Waals surface area contributed by atoms with E-state index >= 15 is 0 Å². The van der Waals surface area contributed by atoms with Crippen LogP contribution >= 0.6 is 0 Å². The van der Waals surface area contributed by atoms with Gasteiger partial charge in [-0.05, 0) is 18.1 Å². The Bertz CT molecular complexity index is 306. The summed E-state index contributed by atoms with van der Waals surface area (Å²) in [5.74, 6) is 0. The van der Waals surface area contributed by atoms with Gasteiger partial charge in [-0.3, -0.25) is 0 Å². The molecule has 188 valence electrons. The fraction of sp³-hybridized carbons (Fsp3) is 1.00. The van der Waals surface area contributed by atoms with Gasteiger partial charge in [0.1, 0.15) is 0 Å². The summed E-state index contributed by atoms with van der Waals surface area (Å²) in [7, 11) is 6.01. The minimum absolute atomic E-state index is 0.633. The highest BCUT2D eigenvalue weighted by molar-refractivity contribution is 6.58. The maximum Gasteiger partial charge on any atom is 0.320 e. The van der Waals surface area contributed by atoms with Gasteiger partial charge in [-0.1, -0.05) is 75.9 Å². The lowest BCUT2D eigenvalue weighted by molar-refractivity contribution is 0.276. The van der Waals surface area contributed by atoms with Crippen molar-refractivity contribution in [2.45, 2.75) is 94.1 Å². The van der Waals surface area contributed by atoms with Gasteiger partial charge in [0.15, 0.2) is 0 Å². The molecule has 0 rings (SSSR count). The molecule has 0 atom stereocenters. The van der Waals surface area contributed by atoms with E-state index in [0.29, 0.717) is 0 Å². The summed E-state index contributed by atoms with van der Waals surface area (Å²) in [6, 6.07) is 7.96. The van der Waals surface area contributed by atoms with E-state index < -0.39 is 36.6 Å². The van der Waals surface area contributed by atoms with Crippen LogP contribution in [-0.4, -0.2) is 79.3 Å². The van der Waals surface area contributed by atoms with Crippen LogP contribution in [0.4, 0.5) is 0 Å². The number of unbranched alkanes of at least 4 members (excludes halogenated alkanes) is 6. The summed E-state index contributed by atoms with van der Waals surface area (Å²) in [4.78, 5) is 0. The summed E-state index contributed by atoms with van der Waals surface area (Å²) >= 11 is 0. The Hall–Kier alpha value is 0.628. The van der Waals surface area contributed by atoms with Crippen molar-refractivity contribution >= 4 is 36.6 Å². The van der Waals surface area contributed by atoms with E-state index in [4.69, 9.17) is 26.6 Å². The molecular formula is C21H52O6Si4. The van der Waals surface area contributed by atoms with E-state index in [1.54, 1.807) is 42.7 Å². The SMILES string of the molecule is CO[SiH](CCCCC[SiH](CCCCC[SiH](OC)OC)CCCCC[SiH](OC)OC)OC. The fourth-order valence-corrected chi connectivity index (χ4v) is 11.5. The molecule has 0 aliphatic heterocycles. The zero-order valence-corrected chi connectivity index (χ0v) is 26.0. The van der Waals surface area contributed by atoms with Gasteiger partial charge in [-0.15, -0.1) is 0 Å². The Kier molecular flexibility index (Phi) is 24.3. The summed E-state index contributed by atoms with van der Waals surface area (Å²) in [5.41, 5.74) is 0. The fourth-order valence-electron chi connectivity index (χ4n) is 4.19. The summed E-state index contributed by atoms with van der Waals surface area (Å²) < 4.78 is 32.6. The molecule has 0 aromatic heterocycles. The van der Waals surface area contributed by atoms with Crippen molar-refractivity contribution in [3.05, 3.63) is 0 Å². The quantitative estimate of drug-likeness (QED) is 0.142. The Morgan fingerprint density at radius 2 is 0.548 bits per heavy atom. The van der Waals surface area contributed by atoms with E-state index in [-0.39, 0.29) is 0 Å². The first kappa shape index (κ1) is 31.6. The van der Waals surface area contributed by atoms with E-state index in [0.717, 1.165) is 18.1 Å². The molecule has 0 aliphatic rings. The van der Waals surface area contributed by atoms with Crippen LogP contribution in [0.2, 0.25) is 36.3 Å². The second kappa shape index (κ2) is 23.8. The molecule has 0 bridgehead atoms. The van der Waals surface area contributed by atoms with Crippen LogP contribution in [0.25, 0.3) is 0 Å². The van der Waals surface area contributed by atoms with E-state index in [9.17, 15) is 0 Å². The first-order valence-corrected chi connectivity index (χ1v) is 20.0. The first-order chi connectivity index (χ1) is 15.1. The van der Waals surface area contributed by atoms with Crippen LogP contribution in [0.3, 0.4) is 0 Å². The molecular weight excluding hydrogens is 461 g/mol. The zero-order valence-electron chi connectivity index (χ0n) is 21.4. The minimum atomic E-state index is -1.36. The highest BCUT2D eigenvalue weighted by Gasteiger charge is 2.14. The maximum absolute atomic E-state index is 5.44. The molecule has 0 fully saturated rings. The molecule has 0 unspecified atom stereocenters. The predicted octanol–water partition coefficient (Wildman–Crippen LogP) is 4.26. The second-order valence-electron chi connectivity index (χ2n) is 8.48. The van der Waals surface area contributed by atoms with Gasteiger partial charge in [0.2, 0.25) is 0 Å². The Balaban J connectivity index is 4.13. The lowest BCUT2D eigenvalue weighted by Crippen LogP contribution is -2.19. The van der Waals surface area contributed by atoms with E-state index in [1.165, 1.54) is 75.9 Å². The topological polar surface area (TPSA) is 55.4 Å². The predicted molar refractivity (Wildman–Crippen MR) is 141 cm³/mol. The molecule has 0 saturated heterocycles. The third-order valence-electron chi connectivity index (χ3n) is 6.23. The number of hydrogen-bond donors (Lipinski definition) is 0. The van der Waals surface area contributed by atoms with Gasteiger partial charge in [-0.2, -0.15) is 0 Å². The van der Waals surface area contributed by atoms with Crippen molar-refractivity contribution in [1.82, 2.24) is 0 Å². The van der Waals surface area contributed by atoms with Crippen molar-refractivity contribution in [2.24, 2.45) is 0 Å². The number of rotatable bonds is 24. The van der Waals surface area contributed by atoms with Gasteiger partial charge < -0.3 is 26.6 Å². The summed E-state index contributed by atoms with van der Waals surface area (Å²) in [6.07, 6.45) is 12.0. The van der Waals surface area contributed by atoms with E-state index in [2.05, 4.69) is 0 Å². The van der Waals surface area contributed by atoms with Crippen LogP contribution in [0, 0.1) is 0 Å². The van der Waals surface area contributed by atoms with Gasteiger partial charge in [0.05, 0.1) is 0 Å². The average Bonchev–Trinajstić information content (AvgIpc) is 2.80. The first-order valence-electron chi connectivity index (χ1n) is 12.3. The summed E-state index contributed by atoms with van der Waals surface area (Å²) in [6.45, 7) is 0. The number of hydrogen-bond acceptors (Lipinski definition) is 6. The van der Waals surface area contributed by atoms with Gasteiger partial charge >= 0.3 is 27.9 Å². The van der Waals surface area contributed by atoms with Crippen molar-refractivity contribution in [3.63, 3.8) is 0 Å². The van der Waals surface area contributed by atoms with Gasteiger partial charge in [0, 0.05) is 51.5 Å². The van der Waals surface area contributed by atoms with Gasteiger partial charge in [-0.25, -0.2) is 0 Å². The molecule has 0 heterocycles. The Labute approximate surface area is 199 Å². The average molecular weight is 513 g/mol. The highest BCUT2D eigenvalue weighted by Crippen LogP contribution is 2.20. The van der Waals surface area contributed by atoms with Crippen LogP contribution in [0.15, 0.2) is 0 Å². The van der Waals surface area contributed by atoms with Crippen molar-refractivity contribution in [2.75, 3.05) is 42.7 Å². The third-order valence-corrected chi connectivity index (χ3v) is 15.7. The smallest absolute Gasteiger partial charge is 0.320 e. The van der Waals surface area contributed by atoms with Crippen LogP contribution in [0.1, 0.15) is 57.8 Å². The molecule has 0 N–H and O–H groups in total. The van der Waals surface area contributed by atoms with Crippen LogP contribution in [0.5, 0.6) is 0 Å². The molecule has 0 aliphatic carbocycles. The third kappa shape index (κ3) is 18.7. The van der Waals surface area contributed by atoms with Crippen molar-refractivity contribution in [1.29, 1.82) is 0 Å². The molecule has 0 radical (unpaired) electrons. The van der Waals surface area contributed by atoms with Gasteiger partial charge in [0.25, 0.3) is 0 Å². The van der Waals surface area contributed by atoms with Crippen molar-refractivity contribution < 1.29 is 26.6 Å². The Morgan fingerprint density at radius 1 is 0.323 bits per heavy atom. The van der Waals surface area contributed by atoms with Crippen molar-refractivity contribution in [3.8, 4) is 0 Å². The molecule has 0 saturated carbocycles. The van der Waals surface area contributed by atoms with Crippen LogP contribution < -0.4 is 0 Å².